The summed E-state index contributed by atoms with van der Waals surface area (Å²) < 4.78 is 21.6. The van der Waals surface area contributed by atoms with Crippen LogP contribution in [-0.4, -0.2) is 66.4 Å². The number of aromatic nitrogens is 3. The van der Waals surface area contributed by atoms with Crippen molar-refractivity contribution in [3.05, 3.63) is 197 Å². The number of nitrogens with zero attached hydrogens (tertiary/aromatic N) is 3. The van der Waals surface area contributed by atoms with Crippen molar-refractivity contribution in [3.8, 4) is 0 Å². The molecule has 21 rings (SSSR count). The van der Waals surface area contributed by atoms with Gasteiger partial charge in [0, 0.05) is 78.3 Å². The van der Waals surface area contributed by atoms with Gasteiger partial charge in [0.1, 0.15) is 5.78 Å². The van der Waals surface area contributed by atoms with E-state index in [9.17, 15) is 4.79 Å². The van der Waals surface area contributed by atoms with Crippen LogP contribution in [0.25, 0.3) is 32.3 Å². The summed E-state index contributed by atoms with van der Waals surface area (Å²) in [5.41, 5.74) is 26.1. The minimum absolute atomic E-state index is 0.0695. The van der Waals surface area contributed by atoms with Crippen LogP contribution < -0.4 is 11.5 Å². The number of pyridine rings is 3. The Hall–Kier alpha value is -6.20. The number of Topliss-reactive ketones (excluding diaryl/α,β-unsaturated/α-hetero) is 1. The molecule has 9 fully saturated rings. The molecule has 6 aliphatic heterocycles. The molecule has 3 aromatic carbocycles. The molecule has 9 nitrogen and oxygen atoms in total. The Kier molecular flexibility index (Phi) is 12.8. The first kappa shape index (κ1) is 58.2. The standard InChI is InChI=1S/2C28H32N2O.C28H29NO2/c2*1-26-10-8-22-15-21-4-5-23(29)16-27(21)11-12-28(22,31-27)25(26)7-6-24(26)19-3-2-18-9-13-30-17-20(18)14-19;1-26-10-8-22-15-21-4-5-23(30)16-27(21)11-12-28(22,31-27)25(26)7-6-24(26)19-3-2-18-9-13-29-17-20(18)14-19/h2*2-3,8-9,13-15,17,23-25H,4-7,10-12,16,29H2,1H3;2-3,8-9,13-15,17,24-25H,4-7,10-12,16H2,1H3/t23-,24+,25+,26+,27+,28+;23-,24-,25-,26-,27-,28-;24-,25-,26-,27-,28-/m011/s1. The molecule has 3 saturated heterocycles. The fraction of sp³-hybridized carbons (Fsp3) is 0.524. The normalized spacial score (nSPS) is 42.3. The van der Waals surface area contributed by atoms with Crippen LogP contribution in [0.5, 0.6) is 0 Å². The summed E-state index contributed by atoms with van der Waals surface area (Å²) in [7, 11) is 0. The summed E-state index contributed by atoms with van der Waals surface area (Å²) in [4.78, 5) is 25.4. The number of benzene rings is 3. The fourth-order valence-electron chi connectivity index (χ4n) is 24.7. The van der Waals surface area contributed by atoms with E-state index in [0.717, 1.165) is 89.9 Å². The fourth-order valence-corrected chi connectivity index (χ4v) is 24.7. The molecule has 93 heavy (non-hydrogen) atoms. The third kappa shape index (κ3) is 8.28. The number of rotatable bonds is 3. The Bertz CT molecular complexity index is 4190. The van der Waals surface area contributed by atoms with E-state index in [1.165, 1.54) is 134 Å². The Labute approximate surface area is 549 Å². The zero-order valence-electron chi connectivity index (χ0n) is 55.1. The molecule has 6 aromatic rings. The lowest BCUT2D eigenvalue weighted by molar-refractivity contribution is -0.146. The minimum atomic E-state index is -0.294. The van der Waals surface area contributed by atoms with Gasteiger partial charge in [-0.05, 0) is 296 Å². The molecule has 6 bridgehead atoms. The molecule has 17 atom stereocenters. The van der Waals surface area contributed by atoms with Gasteiger partial charge in [-0.15, -0.1) is 0 Å². The molecular formula is C84H93N5O4. The Morgan fingerprint density at radius 2 is 0.774 bits per heavy atom. The molecule has 15 aliphatic rings. The largest absolute Gasteiger partial charge is 0.359 e. The highest BCUT2D eigenvalue weighted by Gasteiger charge is 2.70. The Balaban J connectivity index is 0.0000000994. The average Bonchev–Trinajstić information content (AvgIpc) is 1.56. The van der Waals surface area contributed by atoms with Crippen LogP contribution in [-0.2, 0) is 19.0 Å². The van der Waals surface area contributed by atoms with E-state index >= 15 is 0 Å². The summed E-state index contributed by atoms with van der Waals surface area (Å²) in [6, 6.07) is 28.0. The lowest BCUT2D eigenvalue weighted by Crippen LogP contribution is -2.54. The van der Waals surface area contributed by atoms with Gasteiger partial charge >= 0.3 is 0 Å². The molecule has 9 heteroatoms. The van der Waals surface area contributed by atoms with E-state index in [0.29, 0.717) is 54.1 Å². The second-order valence-electron chi connectivity index (χ2n) is 33.3. The number of ether oxygens (including phenoxy) is 3. The first-order valence-corrected chi connectivity index (χ1v) is 36.5. The highest BCUT2D eigenvalue weighted by atomic mass is 16.5. The predicted octanol–water partition coefficient (Wildman–Crippen LogP) is 17.7. The molecule has 478 valence electrons. The predicted molar refractivity (Wildman–Crippen MR) is 368 cm³/mol. The number of hydrogen-bond acceptors (Lipinski definition) is 9. The summed E-state index contributed by atoms with van der Waals surface area (Å²) in [6.45, 7) is 7.60. The first-order chi connectivity index (χ1) is 45.1. The van der Waals surface area contributed by atoms with Crippen molar-refractivity contribution in [2.24, 2.45) is 45.5 Å². The van der Waals surface area contributed by atoms with Crippen molar-refractivity contribution >= 4 is 38.1 Å². The third-order valence-electron chi connectivity index (χ3n) is 29.1. The van der Waals surface area contributed by atoms with E-state index in [4.69, 9.17) is 25.7 Å². The average molecular weight is 1240 g/mol. The molecule has 0 radical (unpaired) electrons. The lowest BCUT2D eigenvalue weighted by atomic mass is 9.58. The van der Waals surface area contributed by atoms with Gasteiger partial charge in [0.25, 0.3) is 0 Å². The van der Waals surface area contributed by atoms with Gasteiger partial charge in [0.15, 0.2) is 0 Å². The summed E-state index contributed by atoms with van der Waals surface area (Å²) >= 11 is 0. The number of nitrogens with two attached hydrogens (primary N) is 2. The van der Waals surface area contributed by atoms with Crippen LogP contribution in [0.15, 0.2) is 180 Å². The smallest absolute Gasteiger partial charge is 0.136 e. The van der Waals surface area contributed by atoms with Crippen LogP contribution >= 0.6 is 0 Å². The Morgan fingerprint density at radius 3 is 1.17 bits per heavy atom. The van der Waals surface area contributed by atoms with Crippen LogP contribution in [0.2, 0.25) is 0 Å². The topological polar surface area (TPSA) is 135 Å². The minimum Gasteiger partial charge on any atom is -0.359 e. The summed E-state index contributed by atoms with van der Waals surface area (Å²) in [6.07, 6.45) is 53.1. The molecular weight excluding hydrogens is 1140 g/mol. The zero-order valence-corrected chi connectivity index (χ0v) is 55.1. The Morgan fingerprint density at radius 1 is 0.409 bits per heavy atom. The SMILES string of the molecule is C[C@]12CC=C3C=C4CCC(=O)C[C@]45CC[C@]3(O5)[C@@H]1CC[C@@H]2c1ccc2ccncc2c1.C[C@]12CC=C3C=C4CC[C@@H](N)C[C@]45CC[C@]3(O5)[C@@H]1CC[C@@H]2c1ccc2ccncc2c1.C[C@]12CC=C3C=C4CC[C@H](N)C[C@]45CC[C@]3(O5)[C@@H]1CC[C@@H]2c1ccc2ccncc2c1. The van der Waals surface area contributed by atoms with Crippen LogP contribution in [0.3, 0.4) is 0 Å². The monoisotopic (exact) mass is 1240 g/mol. The summed E-state index contributed by atoms with van der Waals surface area (Å²) in [5, 5.41) is 7.57. The maximum Gasteiger partial charge on any atom is 0.136 e. The van der Waals surface area contributed by atoms with Crippen LogP contribution in [0.1, 0.15) is 209 Å². The molecule has 3 aromatic heterocycles. The van der Waals surface area contributed by atoms with Gasteiger partial charge in [-0.25, -0.2) is 0 Å². The molecule has 0 unspecified atom stereocenters. The van der Waals surface area contributed by atoms with Crippen molar-refractivity contribution in [2.75, 3.05) is 0 Å². The van der Waals surface area contributed by atoms with Crippen molar-refractivity contribution in [1.29, 1.82) is 0 Å². The number of carbonyl (C=O) groups is 1. The van der Waals surface area contributed by atoms with Gasteiger partial charge in [-0.2, -0.15) is 0 Å². The van der Waals surface area contributed by atoms with Gasteiger partial charge in [-0.1, -0.05) is 93.6 Å². The second kappa shape index (κ2) is 20.4. The third-order valence-corrected chi connectivity index (χ3v) is 29.1. The number of hydrogen-bond donors (Lipinski definition) is 2. The second-order valence-corrected chi connectivity index (χ2v) is 33.3. The maximum atomic E-state index is 12.4. The van der Waals surface area contributed by atoms with Gasteiger partial charge in [0.05, 0.1) is 33.6 Å². The van der Waals surface area contributed by atoms with Crippen molar-refractivity contribution in [2.45, 2.75) is 238 Å². The van der Waals surface area contributed by atoms with Gasteiger partial charge in [0.2, 0.25) is 0 Å². The first-order valence-electron chi connectivity index (χ1n) is 36.5. The highest BCUT2D eigenvalue weighted by molar-refractivity contribution is 5.85. The molecule has 4 N–H and O–H groups in total. The molecule has 9 heterocycles. The van der Waals surface area contributed by atoms with E-state index < -0.39 is 0 Å². The molecule has 6 saturated carbocycles. The van der Waals surface area contributed by atoms with Crippen LogP contribution in [0.4, 0.5) is 0 Å². The van der Waals surface area contributed by atoms with E-state index in [2.05, 4.69) is 145 Å². The van der Waals surface area contributed by atoms with Crippen molar-refractivity contribution in [1.82, 2.24) is 15.0 Å². The quantitative estimate of drug-likeness (QED) is 0.178. The zero-order chi connectivity index (χ0) is 62.5. The number of ketones is 1. The molecule has 6 spiro atoms. The van der Waals surface area contributed by atoms with Crippen molar-refractivity contribution < 1.29 is 19.0 Å². The highest BCUT2D eigenvalue weighted by Crippen LogP contribution is 2.73. The van der Waals surface area contributed by atoms with Crippen molar-refractivity contribution in [3.63, 3.8) is 0 Å². The molecule has 0 amide bonds. The van der Waals surface area contributed by atoms with E-state index in [1.807, 2.05) is 37.2 Å². The van der Waals surface area contributed by atoms with E-state index in [-0.39, 0.29) is 61.9 Å². The lowest BCUT2D eigenvalue weighted by Gasteiger charge is -2.54. The van der Waals surface area contributed by atoms with Crippen LogP contribution in [0, 0.1) is 34.0 Å². The summed E-state index contributed by atoms with van der Waals surface area (Å²) in [5.74, 6) is 3.77. The van der Waals surface area contributed by atoms with Gasteiger partial charge < -0.3 is 25.7 Å². The number of fused-ring (bicyclic) bond motifs is 6. The number of allylic oxidation sites excluding steroid dienone is 3. The maximum absolute atomic E-state index is 12.4. The van der Waals surface area contributed by atoms with Gasteiger partial charge in [-0.3, -0.25) is 19.7 Å². The molecule has 9 aliphatic carbocycles. The van der Waals surface area contributed by atoms with E-state index in [1.54, 1.807) is 0 Å². The number of carbonyl (C=O) groups excluding carboxylic acids is 1.